The van der Waals surface area contributed by atoms with Gasteiger partial charge in [-0.15, -0.1) is 0 Å². The van der Waals surface area contributed by atoms with E-state index in [1.54, 1.807) is 30.3 Å². The summed E-state index contributed by atoms with van der Waals surface area (Å²) in [4.78, 5) is 66.7. The third kappa shape index (κ3) is 13.5. The molecule has 25 heteroatoms. The molecule has 3 heterocycles. The van der Waals surface area contributed by atoms with Crippen molar-refractivity contribution >= 4 is 80.5 Å². The zero-order valence-electron chi connectivity index (χ0n) is 32.4. The Hall–Kier alpha value is -3.09. The first-order valence-corrected chi connectivity index (χ1v) is 20.5. The van der Waals surface area contributed by atoms with Crippen LogP contribution in [-0.4, -0.2) is 157 Å². The van der Waals surface area contributed by atoms with E-state index in [9.17, 15) is 29.1 Å². The van der Waals surface area contributed by atoms with Gasteiger partial charge < -0.3 is 62.5 Å². The topological polar surface area (TPSA) is 268 Å². The Morgan fingerprint density at radius 3 is 2.17 bits per heavy atom. The van der Waals surface area contributed by atoms with Crippen molar-refractivity contribution in [1.29, 1.82) is 0 Å². The number of halogens is 4. The van der Waals surface area contributed by atoms with Crippen molar-refractivity contribution < 1.29 is 81.2 Å². The zero-order valence-corrected chi connectivity index (χ0v) is 36.2. The lowest BCUT2D eigenvalue weighted by Crippen LogP contribution is -2.82. The van der Waals surface area contributed by atoms with Crippen LogP contribution >= 0.6 is 50.7 Å². The largest absolute Gasteiger partial charge is 0.463 e. The molecule has 3 aliphatic rings. The third-order valence-electron chi connectivity index (χ3n) is 8.97. The number of carbonyl (C=O) groups is 5. The van der Waals surface area contributed by atoms with Gasteiger partial charge in [0, 0.05) is 37.8 Å². The minimum absolute atomic E-state index is 0.0885. The van der Waals surface area contributed by atoms with E-state index in [2.05, 4.69) is 31.3 Å². The van der Waals surface area contributed by atoms with Crippen molar-refractivity contribution in [2.75, 3.05) is 58.1 Å². The number of rotatable bonds is 19. The Balaban J connectivity index is 1.86. The second-order valence-corrected chi connectivity index (χ2v) is 16.0. The van der Waals surface area contributed by atoms with Gasteiger partial charge in [0.1, 0.15) is 48.0 Å². The molecular formula is C35H44BrCl3N4O17. The maximum absolute atomic E-state index is 13.6. The van der Waals surface area contributed by atoms with Gasteiger partial charge in [-0.05, 0) is 5.53 Å². The number of nitrogens with one attached hydrogen (secondary N) is 1. The molecule has 1 amide bonds. The van der Waals surface area contributed by atoms with E-state index in [1.807, 2.05) is 0 Å². The molecule has 1 aromatic rings. The molecule has 0 bridgehead atoms. The fourth-order valence-electron chi connectivity index (χ4n) is 6.65. The second kappa shape index (κ2) is 23.4. The lowest BCUT2D eigenvalue weighted by atomic mass is 9.72. The number of amides is 1. The van der Waals surface area contributed by atoms with Crippen LogP contribution in [0.3, 0.4) is 0 Å². The van der Waals surface area contributed by atoms with E-state index in [4.69, 9.17) is 92.4 Å². The molecule has 1 unspecified atom stereocenters. The Kier molecular flexibility index (Phi) is 19.3. The SMILES string of the molecule is CC(=O)OC[C@H]1O[C@@H]([C@]2(O)[C@@H]3OC(c4ccccc4)OC[C@H]3O[C@@H](OCCOCCOCCN=[N+]=[N-])[C@@H]2NC(=O)C(Cl)(Cl)Cl)[C@H](OC(=O)CBr)[C@@H](OC(C)=O)[C@H]1OC(C)=O. The number of benzene rings is 1. The highest BCUT2D eigenvalue weighted by atomic mass is 79.9. The third-order valence-corrected chi connectivity index (χ3v) is 9.95. The molecule has 11 atom stereocenters. The summed E-state index contributed by atoms with van der Waals surface area (Å²) in [6.07, 6.45) is -14.6. The highest BCUT2D eigenvalue weighted by molar-refractivity contribution is 9.09. The summed E-state index contributed by atoms with van der Waals surface area (Å²) in [5.41, 5.74) is 6.15. The lowest BCUT2D eigenvalue weighted by Gasteiger charge is -2.59. The van der Waals surface area contributed by atoms with Crippen LogP contribution in [0.2, 0.25) is 0 Å². The molecule has 3 fully saturated rings. The van der Waals surface area contributed by atoms with Crippen LogP contribution in [0.1, 0.15) is 32.6 Å². The highest BCUT2D eigenvalue weighted by Crippen LogP contribution is 2.46. The van der Waals surface area contributed by atoms with Crippen molar-refractivity contribution in [1.82, 2.24) is 5.32 Å². The van der Waals surface area contributed by atoms with Crippen LogP contribution in [0.4, 0.5) is 0 Å². The van der Waals surface area contributed by atoms with E-state index in [1.165, 1.54) is 0 Å². The van der Waals surface area contributed by atoms with Gasteiger partial charge in [0.15, 0.2) is 30.9 Å². The average Bonchev–Trinajstić information content (AvgIpc) is 3.19. The number of carbonyl (C=O) groups excluding carboxylic acids is 5. The number of esters is 4. The summed E-state index contributed by atoms with van der Waals surface area (Å²) < 4.78 is 61.8. The molecular weight excluding hydrogens is 935 g/mol. The van der Waals surface area contributed by atoms with Gasteiger partial charge in [-0.3, -0.25) is 24.0 Å². The maximum Gasteiger partial charge on any atom is 0.317 e. The van der Waals surface area contributed by atoms with Gasteiger partial charge in [0.05, 0.1) is 39.6 Å². The molecule has 21 nitrogen and oxygen atoms in total. The minimum atomic E-state index is -2.75. The summed E-state index contributed by atoms with van der Waals surface area (Å²) in [5.74, 6) is -4.90. The van der Waals surface area contributed by atoms with Crippen LogP contribution in [-0.2, 0) is 76.1 Å². The molecule has 0 spiro atoms. The Morgan fingerprint density at radius 2 is 1.55 bits per heavy atom. The first kappa shape index (κ1) is 49.6. The number of fused-ring (bicyclic) bond motifs is 1. The van der Waals surface area contributed by atoms with Gasteiger partial charge in [-0.25, -0.2) is 0 Å². The smallest absolute Gasteiger partial charge is 0.317 e. The first-order chi connectivity index (χ1) is 28.5. The van der Waals surface area contributed by atoms with E-state index >= 15 is 0 Å². The molecule has 2 N–H and O–H groups in total. The number of nitrogens with zero attached hydrogens (tertiary/aromatic N) is 3. The fraction of sp³-hybridized carbons (Fsp3) is 0.686. The first-order valence-electron chi connectivity index (χ1n) is 18.2. The summed E-state index contributed by atoms with van der Waals surface area (Å²) >= 11 is 21.1. The quantitative estimate of drug-likeness (QED) is 0.0383. The lowest BCUT2D eigenvalue weighted by molar-refractivity contribution is -0.394. The Morgan fingerprint density at radius 1 is 0.900 bits per heavy atom. The van der Waals surface area contributed by atoms with Crippen molar-refractivity contribution in [3.05, 3.63) is 46.3 Å². The monoisotopic (exact) mass is 976 g/mol. The van der Waals surface area contributed by atoms with Crippen molar-refractivity contribution in [3.8, 4) is 0 Å². The minimum Gasteiger partial charge on any atom is -0.463 e. The van der Waals surface area contributed by atoms with Crippen LogP contribution < -0.4 is 5.32 Å². The zero-order chi connectivity index (χ0) is 44.0. The van der Waals surface area contributed by atoms with Gasteiger partial charge in [-0.2, -0.15) is 0 Å². The highest BCUT2D eigenvalue weighted by Gasteiger charge is 2.69. The Labute approximate surface area is 366 Å². The molecule has 0 aliphatic carbocycles. The van der Waals surface area contributed by atoms with E-state index < -0.39 is 112 Å². The van der Waals surface area contributed by atoms with Crippen LogP contribution in [0.5, 0.6) is 0 Å². The molecule has 1 aromatic carbocycles. The molecule has 0 radical (unpaired) electrons. The summed E-state index contributed by atoms with van der Waals surface area (Å²) in [5, 5.41) is 19.0. The molecule has 3 saturated heterocycles. The number of hydrogen-bond donors (Lipinski definition) is 2. The summed E-state index contributed by atoms with van der Waals surface area (Å²) in [7, 11) is 0. The predicted octanol–water partition coefficient (Wildman–Crippen LogP) is 2.27. The van der Waals surface area contributed by atoms with Crippen molar-refractivity contribution in [2.45, 2.75) is 91.5 Å². The fourth-order valence-corrected chi connectivity index (χ4v) is 6.94. The molecule has 60 heavy (non-hydrogen) atoms. The number of aliphatic hydroxyl groups is 1. The Bertz CT molecular complexity index is 1680. The van der Waals surface area contributed by atoms with E-state index in [0.717, 1.165) is 20.8 Å². The van der Waals surface area contributed by atoms with Crippen LogP contribution in [0, 0.1) is 0 Å². The van der Waals surface area contributed by atoms with E-state index in [0.29, 0.717) is 5.56 Å². The second-order valence-electron chi connectivity index (χ2n) is 13.2. The predicted molar refractivity (Wildman–Crippen MR) is 208 cm³/mol. The standard InChI is InChI=1S/C35H44BrCl3N4O17/c1-18(44)53-16-22-25(55-19(2)45)26(56-20(3)46)27(59-24(47)15-36)30(57-22)34(49)28(42-33(48)35(37,38)39)32(52-14-13-51-12-11-50-10-9-41-43-40)58-23-17-54-31(60-29(23)34)21-7-5-4-6-8-21/h4-8,22-23,25-32,49H,9-17H2,1-3H3,(H,42,48)/t22-,23-,25+,26+,27-,28+,29-,30-,31?,32-,34-/m1/s1. The maximum atomic E-state index is 13.6. The van der Waals surface area contributed by atoms with Crippen molar-refractivity contribution in [2.24, 2.45) is 5.11 Å². The van der Waals surface area contributed by atoms with E-state index in [-0.39, 0.29) is 46.2 Å². The van der Waals surface area contributed by atoms with Gasteiger partial charge in [0.25, 0.3) is 9.70 Å². The van der Waals surface area contributed by atoms with Gasteiger partial charge in [0.2, 0.25) is 0 Å². The van der Waals surface area contributed by atoms with Gasteiger partial charge >= 0.3 is 23.9 Å². The van der Waals surface area contributed by atoms with Crippen LogP contribution in [0.25, 0.3) is 10.4 Å². The molecule has 3 aliphatic heterocycles. The summed E-state index contributed by atoms with van der Waals surface area (Å²) in [6, 6.07) is 6.65. The molecule has 4 rings (SSSR count). The number of alkyl halides is 4. The molecule has 0 aromatic heterocycles. The van der Waals surface area contributed by atoms with Crippen molar-refractivity contribution in [3.63, 3.8) is 0 Å². The van der Waals surface area contributed by atoms with Crippen LogP contribution in [0.15, 0.2) is 35.4 Å². The number of ether oxygens (including phenoxy) is 11. The number of hydrogen-bond acceptors (Lipinski definition) is 18. The summed E-state index contributed by atoms with van der Waals surface area (Å²) in [6.45, 7) is 2.41. The molecule has 0 saturated carbocycles. The average molecular weight is 979 g/mol. The number of azide groups is 1. The normalized spacial score (nSPS) is 30.1. The molecule has 334 valence electrons. The van der Waals surface area contributed by atoms with Gasteiger partial charge in [-0.1, -0.05) is 86.2 Å².